The number of hydrogen-bond acceptors (Lipinski definition) is 6. The maximum Gasteiger partial charge on any atom is 0.274 e. The molecule has 1 amide bonds. The van der Waals surface area contributed by atoms with Gasteiger partial charge in [0.1, 0.15) is 11.5 Å². The van der Waals surface area contributed by atoms with Crippen LogP contribution >= 0.6 is 0 Å². The fourth-order valence-electron chi connectivity index (χ4n) is 3.86. The molecule has 148 valence electrons. The zero-order valence-corrected chi connectivity index (χ0v) is 16.0. The lowest BCUT2D eigenvalue weighted by molar-refractivity contribution is 0.0299. The first-order valence-corrected chi connectivity index (χ1v) is 9.85. The van der Waals surface area contributed by atoms with Gasteiger partial charge in [-0.15, -0.1) is 0 Å². The quantitative estimate of drug-likeness (QED) is 0.845. The SMILES string of the molecule is O=C(c1cncc(N2CC[C@H](Cc3ccc(CO)cc3)C2)n1)N1CCOCC1. The number of aromatic nitrogens is 2. The minimum absolute atomic E-state index is 0.0719. The van der Waals surface area contributed by atoms with Crippen LogP contribution in [0, 0.1) is 5.92 Å². The van der Waals surface area contributed by atoms with Crippen molar-refractivity contribution in [2.24, 2.45) is 5.92 Å². The first-order chi connectivity index (χ1) is 13.7. The summed E-state index contributed by atoms with van der Waals surface area (Å²) in [6.07, 6.45) is 5.39. The lowest BCUT2D eigenvalue weighted by atomic mass is 9.98. The fourth-order valence-corrected chi connectivity index (χ4v) is 3.86. The third-order valence-electron chi connectivity index (χ3n) is 5.48. The first-order valence-electron chi connectivity index (χ1n) is 9.85. The van der Waals surface area contributed by atoms with E-state index in [1.165, 1.54) is 5.56 Å². The average molecular weight is 382 g/mol. The number of rotatable bonds is 5. The Kier molecular flexibility index (Phi) is 5.83. The number of amides is 1. The van der Waals surface area contributed by atoms with Crippen LogP contribution < -0.4 is 4.90 Å². The molecule has 2 saturated heterocycles. The topological polar surface area (TPSA) is 78.8 Å². The molecule has 0 unspecified atom stereocenters. The van der Waals surface area contributed by atoms with Crippen LogP contribution in [-0.2, 0) is 17.8 Å². The molecule has 2 aliphatic rings. The molecule has 0 aliphatic carbocycles. The summed E-state index contributed by atoms with van der Waals surface area (Å²) in [4.78, 5) is 25.5. The van der Waals surface area contributed by atoms with Crippen LogP contribution in [0.15, 0.2) is 36.7 Å². The highest BCUT2D eigenvalue weighted by Crippen LogP contribution is 2.25. The molecule has 7 nitrogen and oxygen atoms in total. The van der Waals surface area contributed by atoms with Crippen molar-refractivity contribution in [3.63, 3.8) is 0 Å². The van der Waals surface area contributed by atoms with Crippen molar-refractivity contribution in [1.82, 2.24) is 14.9 Å². The van der Waals surface area contributed by atoms with Crippen molar-refractivity contribution in [3.05, 3.63) is 53.5 Å². The van der Waals surface area contributed by atoms with Crippen molar-refractivity contribution >= 4 is 11.7 Å². The average Bonchev–Trinajstić information content (AvgIpc) is 3.23. The zero-order chi connectivity index (χ0) is 19.3. The summed E-state index contributed by atoms with van der Waals surface area (Å²) in [6.45, 7) is 4.26. The Bertz CT molecular complexity index is 806. The Morgan fingerprint density at radius 3 is 2.61 bits per heavy atom. The van der Waals surface area contributed by atoms with Gasteiger partial charge in [-0.05, 0) is 29.9 Å². The van der Waals surface area contributed by atoms with Gasteiger partial charge in [0.15, 0.2) is 0 Å². The summed E-state index contributed by atoms with van der Waals surface area (Å²) in [5, 5.41) is 9.17. The third kappa shape index (κ3) is 4.31. The molecule has 2 aliphatic heterocycles. The number of nitrogens with zero attached hydrogens (tertiary/aromatic N) is 4. The minimum Gasteiger partial charge on any atom is -0.392 e. The smallest absolute Gasteiger partial charge is 0.274 e. The molecule has 1 aromatic heterocycles. The number of morpholine rings is 1. The fraction of sp³-hybridized carbons (Fsp3) is 0.476. The second kappa shape index (κ2) is 8.67. The monoisotopic (exact) mass is 382 g/mol. The largest absolute Gasteiger partial charge is 0.392 e. The maximum absolute atomic E-state index is 12.7. The van der Waals surface area contributed by atoms with Gasteiger partial charge in [-0.1, -0.05) is 24.3 Å². The summed E-state index contributed by atoms with van der Waals surface area (Å²) in [5.74, 6) is 1.25. The lowest BCUT2D eigenvalue weighted by Crippen LogP contribution is -2.41. The standard InChI is InChI=1S/C21H26N4O3/c26-15-17-3-1-16(2-4-17)11-18-5-6-25(14-18)20-13-22-12-19(23-20)21(27)24-7-9-28-10-8-24/h1-4,12-13,18,26H,5-11,14-15H2/t18-/m1/s1. The van der Waals surface area contributed by atoms with Gasteiger partial charge in [0.25, 0.3) is 5.91 Å². The Hall–Kier alpha value is -2.51. The van der Waals surface area contributed by atoms with E-state index in [9.17, 15) is 4.79 Å². The van der Waals surface area contributed by atoms with Gasteiger partial charge in [-0.2, -0.15) is 0 Å². The molecule has 3 heterocycles. The number of aliphatic hydroxyl groups is 1. The Morgan fingerprint density at radius 1 is 1.11 bits per heavy atom. The summed E-state index contributed by atoms with van der Waals surface area (Å²) in [7, 11) is 0. The molecule has 0 saturated carbocycles. The van der Waals surface area contributed by atoms with Crippen LogP contribution in [0.3, 0.4) is 0 Å². The van der Waals surface area contributed by atoms with Crippen LogP contribution in [0.2, 0.25) is 0 Å². The highest BCUT2D eigenvalue weighted by molar-refractivity contribution is 5.92. The minimum atomic E-state index is -0.0719. The molecule has 1 N–H and O–H groups in total. The van der Waals surface area contributed by atoms with E-state index >= 15 is 0 Å². The van der Waals surface area contributed by atoms with Crippen LogP contribution in [0.1, 0.15) is 28.0 Å². The molecule has 0 bridgehead atoms. The van der Waals surface area contributed by atoms with Crippen molar-refractivity contribution in [2.75, 3.05) is 44.3 Å². The van der Waals surface area contributed by atoms with Crippen molar-refractivity contribution < 1.29 is 14.6 Å². The van der Waals surface area contributed by atoms with Crippen LogP contribution in [-0.4, -0.2) is 65.3 Å². The highest BCUT2D eigenvalue weighted by atomic mass is 16.5. The molecular weight excluding hydrogens is 356 g/mol. The van der Waals surface area contributed by atoms with Crippen LogP contribution in [0.4, 0.5) is 5.82 Å². The maximum atomic E-state index is 12.7. The lowest BCUT2D eigenvalue weighted by Gasteiger charge is -2.26. The van der Waals surface area contributed by atoms with Crippen molar-refractivity contribution in [1.29, 1.82) is 0 Å². The van der Waals surface area contributed by atoms with Gasteiger partial charge in [0, 0.05) is 26.2 Å². The molecule has 1 aromatic carbocycles. The zero-order valence-electron chi connectivity index (χ0n) is 16.0. The van der Waals surface area contributed by atoms with E-state index in [4.69, 9.17) is 9.84 Å². The summed E-state index contributed by atoms with van der Waals surface area (Å²) in [5.41, 5.74) is 2.63. The predicted molar refractivity (Wildman–Crippen MR) is 105 cm³/mol. The van der Waals surface area contributed by atoms with Gasteiger partial charge in [0.05, 0.1) is 32.2 Å². The molecule has 7 heteroatoms. The van der Waals surface area contributed by atoms with E-state index in [0.29, 0.717) is 37.9 Å². The Labute approximate surface area is 165 Å². The molecule has 2 aromatic rings. The molecule has 28 heavy (non-hydrogen) atoms. The number of benzene rings is 1. The molecular formula is C21H26N4O3. The number of carbonyl (C=O) groups is 1. The van der Waals surface area contributed by atoms with Gasteiger partial charge < -0.3 is 19.6 Å². The van der Waals surface area contributed by atoms with Gasteiger partial charge in [0.2, 0.25) is 0 Å². The summed E-state index contributed by atoms with van der Waals surface area (Å²) in [6, 6.07) is 8.15. The molecule has 1 atom stereocenters. The molecule has 4 rings (SSSR count). The number of anilines is 1. The van der Waals surface area contributed by atoms with Crippen LogP contribution in [0.5, 0.6) is 0 Å². The van der Waals surface area contributed by atoms with E-state index in [2.05, 4.69) is 27.0 Å². The number of ether oxygens (including phenoxy) is 1. The molecule has 2 fully saturated rings. The van der Waals surface area contributed by atoms with Gasteiger partial charge >= 0.3 is 0 Å². The number of carbonyl (C=O) groups excluding carboxylic acids is 1. The second-order valence-corrected chi connectivity index (χ2v) is 7.45. The Morgan fingerprint density at radius 2 is 1.86 bits per heavy atom. The van der Waals surface area contributed by atoms with Gasteiger partial charge in [-0.3, -0.25) is 9.78 Å². The van der Waals surface area contributed by atoms with E-state index in [-0.39, 0.29) is 12.5 Å². The third-order valence-corrected chi connectivity index (χ3v) is 5.48. The molecule has 0 radical (unpaired) electrons. The predicted octanol–water partition coefficient (Wildman–Crippen LogP) is 1.51. The summed E-state index contributed by atoms with van der Waals surface area (Å²) < 4.78 is 5.31. The van der Waals surface area contributed by atoms with Crippen molar-refractivity contribution in [3.8, 4) is 0 Å². The normalized spacial score (nSPS) is 19.8. The van der Waals surface area contributed by atoms with Crippen molar-refractivity contribution in [2.45, 2.75) is 19.4 Å². The first kappa shape index (κ1) is 18.8. The number of aliphatic hydroxyl groups excluding tert-OH is 1. The van der Waals surface area contributed by atoms with E-state index < -0.39 is 0 Å². The van der Waals surface area contributed by atoms with E-state index in [1.807, 2.05) is 12.1 Å². The highest BCUT2D eigenvalue weighted by Gasteiger charge is 2.26. The second-order valence-electron chi connectivity index (χ2n) is 7.45. The number of hydrogen-bond donors (Lipinski definition) is 1. The van der Waals surface area contributed by atoms with Gasteiger partial charge in [-0.25, -0.2) is 4.98 Å². The summed E-state index contributed by atoms with van der Waals surface area (Å²) >= 11 is 0. The van der Waals surface area contributed by atoms with E-state index in [0.717, 1.165) is 37.3 Å². The van der Waals surface area contributed by atoms with Crippen LogP contribution in [0.25, 0.3) is 0 Å². The Balaban J connectivity index is 1.38. The van der Waals surface area contributed by atoms with E-state index in [1.54, 1.807) is 17.3 Å². The molecule has 0 spiro atoms.